The second-order valence-electron chi connectivity index (χ2n) is 9.01. The average Bonchev–Trinajstić information content (AvgIpc) is 2.89. The quantitative estimate of drug-likeness (QED) is 0.129. The fraction of sp³-hybridized carbons (Fsp3) is 0.407. The Morgan fingerprint density at radius 3 is 2.13 bits per heavy atom. The Hall–Kier alpha value is -3.68. The third-order valence-corrected chi connectivity index (χ3v) is 5.92. The SMILES string of the molecule is CC(=CCO)COC1OC(CO)C(O)C(OC(=O)Cc2ccc(O)cc2)C1OC(=O)Cc1ccc(O)c(O)c1. The summed E-state index contributed by atoms with van der Waals surface area (Å²) >= 11 is 0. The number of phenolic OH excluding ortho intramolecular Hbond substituents is 3. The molecule has 0 spiro atoms. The number of carbonyl (C=O) groups is 2. The lowest BCUT2D eigenvalue weighted by Crippen LogP contribution is -2.62. The zero-order valence-corrected chi connectivity index (χ0v) is 21.2. The van der Waals surface area contributed by atoms with Gasteiger partial charge in [-0.2, -0.15) is 0 Å². The van der Waals surface area contributed by atoms with Crippen molar-refractivity contribution in [1.29, 1.82) is 0 Å². The number of aromatic hydroxyl groups is 3. The molecule has 0 aliphatic carbocycles. The first kappa shape index (κ1) is 29.9. The van der Waals surface area contributed by atoms with Crippen molar-refractivity contribution in [2.24, 2.45) is 0 Å². The third kappa shape index (κ3) is 8.40. The van der Waals surface area contributed by atoms with Gasteiger partial charge in [0, 0.05) is 0 Å². The Morgan fingerprint density at radius 2 is 1.51 bits per heavy atom. The Balaban J connectivity index is 1.83. The fourth-order valence-electron chi connectivity index (χ4n) is 3.88. The van der Waals surface area contributed by atoms with E-state index in [0.29, 0.717) is 16.7 Å². The number of benzene rings is 2. The maximum atomic E-state index is 12.9. The summed E-state index contributed by atoms with van der Waals surface area (Å²) in [7, 11) is 0. The van der Waals surface area contributed by atoms with Crippen molar-refractivity contribution in [3.05, 3.63) is 65.2 Å². The van der Waals surface area contributed by atoms with E-state index in [0.717, 1.165) is 0 Å². The second-order valence-corrected chi connectivity index (χ2v) is 9.01. The van der Waals surface area contributed by atoms with Crippen molar-refractivity contribution in [3.63, 3.8) is 0 Å². The Morgan fingerprint density at radius 1 is 0.897 bits per heavy atom. The Labute approximate surface area is 224 Å². The standard InChI is InChI=1S/C27H32O12/c1-15(8-9-28)14-36-27-26(39-23(34)12-17-4-7-19(31)20(32)10-17)25(24(35)21(13-29)37-27)38-22(33)11-16-2-5-18(30)6-3-16/h2-8,10,21,24-32,35H,9,11-14H2,1H3. The maximum absolute atomic E-state index is 12.9. The van der Waals surface area contributed by atoms with Gasteiger partial charge >= 0.3 is 11.9 Å². The van der Waals surface area contributed by atoms with Gasteiger partial charge in [0.1, 0.15) is 18.0 Å². The summed E-state index contributed by atoms with van der Waals surface area (Å²) in [6.07, 6.45) is -6.28. The molecule has 0 saturated carbocycles. The van der Waals surface area contributed by atoms with E-state index in [2.05, 4.69) is 0 Å². The van der Waals surface area contributed by atoms with E-state index in [1.807, 2.05) is 0 Å². The highest BCUT2D eigenvalue weighted by atomic mass is 16.7. The minimum atomic E-state index is -1.59. The number of carbonyl (C=O) groups excluding carboxylic acids is 2. The Kier molecular flexibility index (Phi) is 10.7. The van der Waals surface area contributed by atoms with Gasteiger partial charge in [0.05, 0.1) is 32.7 Å². The molecule has 6 N–H and O–H groups in total. The first-order valence-electron chi connectivity index (χ1n) is 12.1. The monoisotopic (exact) mass is 548 g/mol. The molecule has 1 fully saturated rings. The molecule has 12 nitrogen and oxygen atoms in total. The molecule has 1 aliphatic heterocycles. The summed E-state index contributed by atoms with van der Waals surface area (Å²) in [6.45, 7) is 0.693. The van der Waals surface area contributed by atoms with Crippen LogP contribution in [0.1, 0.15) is 18.1 Å². The van der Waals surface area contributed by atoms with Gasteiger partial charge in [0.25, 0.3) is 0 Å². The molecule has 1 heterocycles. The first-order chi connectivity index (χ1) is 18.6. The molecule has 1 aliphatic rings. The molecule has 0 aromatic heterocycles. The predicted molar refractivity (Wildman–Crippen MR) is 134 cm³/mol. The van der Waals surface area contributed by atoms with Gasteiger partial charge in [0.15, 0.2) is 30.0 Å². The number of aliphatic hydroxyl groups excluding tert-OH is 3. The lowest BCUT2D eigenvalue weighted by Gasteiger charge is -2.42. The molecule has 2 aromatic carbocycles. The molecule has 3 rings (SSSR count). The van der Waals surface area contributed by atoms with Crippen LogP contribution in [0.3, 0.4) is 0 Å². The lowest BCUT2D eigenvalue weighted by molar-refractivity contribution is -0.304. The molecule has 0 radical (unpaired) electrons. The zero-order chi connectivity index (χ0) is 28.5. The average molecular weight is 549 g/mol. The minimum Gasteiger partial charge on any atom is -0.508 e. The van der Waals surface area contributed by atoms with Crippen molar-refractivity contribution >= 4 is 11.9 Å². The van der Waals surface area contributed by atoms with Crippen molar-refractivity contribution in [3.8, 4) is 17.2 Å². The van der Waals surface area contributed by atoms with Crippen LogP contribution in [0.25, 0.3) is 0 Å². The fourth-order valence-corrected chi connectivity index (χ4v) is 3.88. The molecule has 212 valence electrons. The van der Waals surface area contributed by atoms with Crippen LogP contribution in [0.2, 0.25) is 0 Å². The summed E-state index contributed by atoms with van der Waals surface area (Å²) in [5.41, 5.74) is 1.43. The van der Waals surface area contributed by atoms with Crippen molar-refractivity contribution < 1.29 is 59.2 Å². The summed E-state index contributed by atoms with van der Waals surface area (Å²) in [5, 5.41) is 58.4. The minimum absolute atomic E-state index is 0.0113. The molecule has 0 bridgehead atoms. The van der Waals surface area contributed by atoms with Gasteiger partial charge in [0.2, 0.25) is 0 Å². The van der Waals surface area contributed by atoms with Crippen molar-refractivity contribution in [2.45, 2.75) is 50.5 Å². The molecular formula is C27H32O12. The number of hydrogen-bond acceptors (Lipinski definition) is 12. The van der Waals surface area contributed by atoms with Crippen LogP contribution in [0.15, 0.2) is 54.1 Å². The van der Waals surface area contributed by atoms with Crippen LogP contribution in [0.4, 0.5) is 0 Å². The van der Waals surface area contributed by atoms with Crippen molar-refractivity contribution in [2.75, 3.05) is 19.8 Å². The topological polar surface area (TPSA) is 192 Å². The van der Waals surface area contributed by atoms with E-state index in [9.17, 15) is 35.1 Å². The largest absolute Gasteiger partial charge is 0.508 e. The van der Waals surface area contributed by atoms with Crippen LogP contribution in [0.5, 0.6) is 17.2 Å². The van der Waals surface area contributed by atoms with E-state index in [-0.39, 0.29) is 37.6 Å². The summed E-state index contributed by atoms with van der Waals surface area (Å²) in [5.74, 6) is -2.43. The van der Waals surface area contributed by atoms with Crippen LogP contribution in [0, 0.1) is 0 Å². The predicted octanol–water partition coefficient (Wildman–Crippen LogP) is 0.445. The zero-order valence-electron chi connectivity index (χ0n) is 21.2. The molecule has 0 amide bonds. The van der Waals surface area contributed by atoms with E-state index in [1.54, 1.807) is 6.92 Å². The van der Waals surface area contributed by atoms with Crippen LogP contribution < -0.4 is 0 Å². The highest BCUT2D eigenvalue weighted by Gasteiger charge is 2.50. The third-order valence-electron chi connectivity index (χ3n) is 5.92. The highest BCUT2D eigenvalue weighted by molar-refractivity contribution is 5.74. The number of phenols is 3. The molecule has 2 aromatic rings. The lowest BCUT2D eigenvalue weighted by atomic mass is 9.98. The Bertz CT molecular complexity index is 1150. The van der Waals surface area contributed by atoms with Crippen LogP contribution in [-0.2, 0) is 41.4 Å². The van der Waals surface area contributed by atoms with Crippen molar-refractivity contribution in [1.82, 2.24) is 0 Å². The van der Waals surface area contributed by atoms with E-state index in [1.165, 1.54) is 48.5 Å². The summed E-state index contributed by atoms with van der Waals surface area (Å²) in [4.78, 5) is 25.6. The second kappa shape index (κ2) is 13.9. The molecule has 12 heteroatoms. The molecule has 5 unspecified atom stereocenters. The van der Waals surface area contributed by atoms with Gasteiger partial charge in [-0.25, -0.2) is 0 Å². The summed E-state index contributed by atoms with van der Waals surface area (Å²) < 4.78 is 22.4. The normalized spacial score (nSPS) is 23.3. The number of ether oxygens (including phenoxy) is 4. The van der Waals surface area contributed by atoms with Gasteiger partial charge in [-0.1, -0.05) is 24.3 Å². The highest BCUT2D eigenvalue weighted by Crippen LogP contribution is 2.29. The number of hydrogen-bond donors (Lipinski definition) is 6. The van der Waals surface area contributed by atoms with Gasteiger partial charge in [-0.05, 0) is 47.9 Å². The molecular weight excluding hydrogens is 516 g/mol. The van der Waals surface area contributed by atoms with Crippen LogP contribution in [-0.4, -0.2) is 93.1 Å². The van der Waals surface area contributed by atoms with Crippen LogP contribution >= 0.6 is 0 Å². The van der Waals surface area contributed by atoms with E-state index < -0.39 is 55.0 Å². The van der Waals surface area contributed by atoms with Gasteiger partial charge < -0.3 is 49.6 Å². The maximum Gasteiger partial charge on any atom is 0.310 e. The van der Waals surface area contributed by atoms with E-state index >= 15 is 0 Å². The van der Waals surface area contributed by atoms with Gasteiger partial charge in [-0.15, -0.1) is 0 Å². The smallest absolute Gasteiger partial charge is 0.310 e. The molecule has 5 atom stereocenters. The van der Waals surface area contributed by atoms with E-state index in [4.69, 9.17) is 24.1 Å². The first-order valence-corrected chi connectivity index (χ1v) is 12.1. The van der Waals surface area contributed by atoms with Gasteiger partial charge in [-0.3, -0.25) is 9.59 Å². The number of rotatable bonds is 11. The molecule has 39 heavy (non-hydrogen) atoms. The number of esters is 2. The number of aliphatic hydroxyl groups is 3. The molecule has 1 saturated heterocycles. The summed E-state index contributed by atoms with van der Waals surface area (Å²) in [6, 6.07) is 9.60.